The highest BCUT2D eigenvalue weighted by Crippen LogP contribution is 2.42. The van der Waals surface area contributed by atoms with Gasteiger partial charge in [0.05, 0.1) is 17.6 Å². The second-order valence-electron chi connectivity index (χ2n) is 7.41. The van der Waals surface area contributed by atoms with E-state index >= 15 is 0 Å². The van der Waals surface area contributed by atoms with Crippen molar-refractivity contribution in [2.24, 2.45) is 0 Å². The molecule has 10 nitrogen and oxygen atoms in total. The molecule has 192 valence electrons. The summed E-state index contributed by atoms with van der Waals surface area (Å²) in [6.07, 6.45) is -5.55. The van der Waals surface area contributed by atoms with Crippen molar-refractivity contribution < 1.29 is 40.7 Å². The van der Waals surface area contributed by atoms with E-state index in [1.165, 1.54) is 10.8 Å². The van der Waals surface area contributed by atoms with Crippen LogP contribution in [0.3, 0.4) is 0 Å². The van der Waals surface area contributed by atoms with Gasteiger partial charge in [-0.3, -0.25) is 4.79 Å². The Balaban J connectivity index is 1.86. The number of carbonyl (C=O) groups excluding carboxylic acids is 3. The van der Waals surface area contributed by atoms with E-state index in [-0.39, 0.29) is 5.69 Å². The predicted octanol–water partition coefficient (Wildman–Crippen LogP) is 3.14. The molecule has 0 saturated carbocycles. The summed E-state index contributed by atoms with van der Waals surface area (Å²) < 4.78 is 73.9. The monoisotopic (exact) mass is 546 g/mol. The van der Waals surface area contributed by atoms with Gasteiger partial charge in [0.15, 0.2) is 0 Å². The van der Waals surface area contributed by atoms with Crippen LogP contribution in [0.25, 0.3) is 0 Å². The van der Waals surface area contributed by atoms with Crippen LogP contribution in [0.2, 0.25) is 5.02 Å². The van der Waals surface area contributed by atoms with Crippen molar-refractivity contribution in [2.75, 3.05) is 17.7 Å². The molecule has 0 saturated heterocycles. The van der Waals surface area contributed by atoms with Crippen LogP contribution >= 0.6 is 11.6 Å². The number of urea groups is 1. The van der Waals surface area contributed by atoms with Crippen LogP contribution in [0.4, 0.5) is 29.3 Å². The van der Waals surface area contributed by atoms with Gasteiger partial charge in [0.1, 0.15) is 0 Å². The number of alkyl halides is 3. The van der Waals surface area contributed by atoms with Crippen LogP contribution < -0.4 is 20.7 Å². The maximum Gasteiger partial charge on any atom is 0.421 e. The summed E-state index contributed by atoms with van der Waals surface area (Å²) in [5.74, 6) is -3.36. The lowest BCUT2D eigenvalue weighted by atomic mass is 9.91. The van der Waals surface area contributed by atoms with Crippen molar-refractivity contribution in [3.63, 3.8) is 0 Å². The van der Waals surface area contributed by atoms with Crippen LogP contribution in [0.5, 0.6) is 0 Å². The van der Waals surface area contributed by atoms with Crippen LogP contribution in [-0.2, 0) is 24.3 Å². The highest BCUT2D eigenvalue weighted by Gasteiger charge is 2.69. The zero-order valence-corrected chi connectivity index (χ0v) is 20.1. The second-order valence-corrected chi connectivity index (χ2v) is 9.53. The second kappa shape index (κ2) is 9.79. The van der Waals surface area contributed by atoms with Gasteiger partial charge in [0.2, 0.25) is 15.6 Å². The first kappa shape index (κ1) is 27.0. The number of benzene rings is 2. The van der Waals surface area contributed by atoms with Gasteiger partial charge >= 0.3 is 18.2 Å². The van der Waals surface area contributed by atoms with E-state index in [0.717, 1.165) is 38.3 Å². The number of nitrogens with one attached hydrogen (secondary N) is 4. The standard InChI is InChI=1S/C21H18ClF3N4O6S/c1-11-16(17(30)35-2)20(18(31)26-11,21(23,24)25)29-36(33,34)15-8-6-13(7-9-15)27-19(32)28-14-5-3-4-12(22)10-14/h3-10,29H,1-2H3,(H,26,31)(H2,27,28,32). The van der Waals surface area contributed by atoms with Gasteiger partial charge in [-0.05, 0) is 49.4 Å². The lowest BCUT2D eigenvalue weighted by Crippen LogP contribution is -2.65. The average Bonchev–Trinajstić information content (AvgIpc) is 3.03. The van der Waals surface area contributed by atoms with Gasteiger partial charge in [-0.25, -0.2) is 18.0 Å². The summed E-state index contributed by atoms with van der Waals surface area (Å²) in [7, 11) is -4.24. The first-order valence-electron chi connectivity index (χ1n) is 9.86. The molecule has 0 spiro atoms. The molecular formula is C21H18ClF3N4O6S. The molecule has 3 amide bonds. The molecule has 3 rings (SSSR count). The molecule has 0 bridgehead atoms. The number of hydrogen-bond donors (Lipinski definition) is 4. The lowest BCUT2D eigenvalue weighted by molar-refractivity contribution is -0.186. The summed E-state index contributed by atoms with van der Waals surface area (Å²) in [6.45, 7) is 1.00. The number of esters is 1. The number of sulfonamides is 1. The van der Waals surface area contributed by atoms with Gasteiger partial charge < -0.3 is 20.7 Å². The Bertz CT molecular complexity index is 1360. The van der Waals surface area contributed by atoms with Crippen LogP contribution in [0.15, 0.2) is 64.7 Å². The molecule has 15 heteroatoms. The van der Waals surface area contributed by atoms with Gasteiger partial charge in [0, 0.05) is 22.1 Å². The number of carbonyl (C=O) groups is 3. The maximum atomic E-state index is 14.2. The quantitative estimate of drug-likeness (QED) is 0.410. The van der Waals surface area contributed by atoms with Crippen molar-refractivity contribution in [1.82, 2.24) is 10.0 Å². The third kappa shape index (κ3) is 5.15. The molecule has 0 aromatic heterocycles. The molecule has 4 N–H and O–H groups in total. The minimum Gasteiger partial charge on any atom is -0.466 e. The lowest BCUT2D eigenvalue weighted by Gasteiger charge is -2.31. The molecule has 1 aliphatic heterocycles. The van der Waals surface area contributed by atoms with Crippen molar-refractivity contribution >= 4 is 50.9 Å². The molecule has 36 heavy (non-hydrogen) atoms. The molecule has 1 aliphatic rings. The average molecular weight is 547 g/mol. The smallest absolute Gasteiger partial charge is 0.421 e. The summed E-state index contributed by atoms with van der Waals surface area (Å²) in [5.41, 5.74) is -5.19. The third-order valence-corrected chi connectivity index (χ3v) is 6.70. The van der Waals surface area contributed by atoms with Crippen molar-refractivity contribution in [1.29, 1.82) is 0 Å². The Morgan fingerprint density at radius 1 is 1.06 bits per heavy atom. The highest BCUT2D eigenvalue weighted by molar-refractivity contribution is 7.89. The molecule has 2 aromatic carbocycles. The summed E-state index contributed by atoms with van der Waals surface area (Å²) in [5, 5.41) is 7.12. The van der Waals surface area contributed by atoms with E-state index < -0.39 is 55.8 Å². The number of amides is 3. The van der Waals surface area contributed by atoms with Crippen molar-refractivity contribution in [3.8, 4) is 0 Å². The first-order chi connectivity index (χ1) is 16.7. The zero-order valence-electron chi connectivity index (χ0n) is 18.5. The zero-order chi connectivity index (χ0) is 26.9. The predicted molar refractivity (Wildman–Crippen MR) is 123 cm³/mol. The van der Waals surface area contributed by atoms with E-state index in [0.29, 0.717) is 10.7 Å². The molecular weight excluding hydrogens is 529 g/mol. The number of allylic oxidation sites excluding steroid dienone is 1. The Kier molecular flexibility index (Phi) is 7.34. The normalized spacial score (nSPS) is 18.0. The molecule has 1 unspecified atom stereocenters. The minimum absolute atomic E-state index is 0.101. The van der Waals surface area contributed by atoms with Gasteiger partial charge in [-0.1, -0.05) is 17.7 Å². The molecule has 1 atom stereocenters. The Morgan fingerprint density at radius 2 is 1.67 bits per heavy atom. The van der Waals surface area contributed by atoms with Gasteiger partial charge in [-0.2, -0.15) is 17.9 Å². The Morgan fingerprint density at radius 3 is 2.22 bits per heavy atom. The fourth-order valence-corrected chi connectivity index (χ4v) is 4.91. The van der Waals surface area contributed by atoms with Crippen molar-refractivity contribution in [3.05, 3.63) is 64.8 Å². The molecule has 2 aromatic rings. The number of methoxy groups -OCH3 is 1. The highest BCUT2D eigenvalue weighted by atomic mass is 35.5. The Hall–Kier alpha value is -3.62. The fraction of sp³-hybridized carbons (Fsp3) is 0.190. The largest absolute Gasteiger partial charge is 0.466 e. The summed E-state index contributed by atoms with van der Waals surface area (Å²) >= 11 is 5.84. The van der Waals surface area contributed by atoms with Gasteiger partial charge in [-0.15, -0.1) is 0 Å². The topological polar surface area (TPSA) is 143 Å². The van der Waals surface area contributed by atoms with Gasteiger partial charge in [0.25, 0.3) is 5.91 Å². The number of anilines is 2. The fourth-order valence-electron chi connectivity index (χ4n) is 3.39. The SMILES string of the molecule is COC(=O)C1=C(C)NC(=O)C1(NS(=O)(=O)c1ccc(NC(=O)Nc2cccc(Cl)c2)cc1)C(F)(F)F. The molecule has 0 fully saturated rings. The first-order valence-corrected chi connectivity index (χ1v) is 11.7. The minimum atomic E-state index is -5.55. The third-order valence-electron chi connectivity index (χ3n) is 5.00. The Labute approximate surface area is 207 Å². The summed E-state index contributed by atoms with van der Waals surface area (Å²) in [6, 6.07) is 9.59. The van der Waals surface area contributed by atoms with Crippen molar-refractivity contribution in [2.45, 2.75) is 23.5 Å². The number of hydrogen-bond acceptors (Lipinski definition) is 6. The van der Waals surface area contributed by atoms with E-state index in [9.17, 15) is 36.0 Å². The maximum absolute atomic E-state index is 14.2. The van der Waals surface area contributed by atoms with E-state index in [2.05, 4.69) is 15.4 Å². The summed E-state index contributed by atoms with van der Waals surface area (Å²) in [4.78, 5) is 35.9. The van der Waals surface area contributed by atoms with E-state index in [4.69, 9.17) is 11.6 Å². The number of halogens is 4. The molecule has 1 heterocycles. The molecule has 0 radical (unpaired) electrons. The number of rotatable bonds is 6. The molecule has 0 aliphatic carbocycles. The van der Waals surface area contributed by atoms with Crippen LogP contribution in [0, 0.1) is 0 Å². The van der Waals surface area contributed by atoms with Crippen LogP contribution in [0.1, 0.15) is 6.92 Å². The van der Waals surface area contributed by atoms with E-state index in [1.54, 1.807) is 18.2 Å². The number of ether oxygens (including phenoxy) is 1. The van der Waals surface area contributed by atoms with E-state index in [1.807, 2.05) is 5.32 Å². The van der Waals surface area contributed by atoms with Crippen LogP contribution in [-0.4, -0.2) is 45.2 Å².